The maximum absolute atomic E-state index is 11.7. The SMILES string of the molecule is COC(=O)c1cc(NC(=O)C(C)CN)ccc1C.Cl. The van der Waals surface area contributed by atoms with Crippen LogP contribution in [0, 0.1) is 12.8 Å². The normalized spacial score (nSPS) is 11.2. The van der Waals surface area contributed by atoms with Crippen LogP contribution >= 0.6 is 12.4 Å². The first-order valence-electron chi connectivity index (χ1n) is 5.69. The minimum atomic E-state index is -0.421. The van der Waals surface area contributed by atoms with Gasteiger partial charge in [0, 0.05) is 18.2 Å². The number of benzene rings is 1. The molecule has 106 valence electrons. The number of aryl methyl sites for hydroxylation is 1. The van der Waals surface area contributed by atoms with Crippen LogP contribution in [0.3, 0.4) is 0 Å². The molecule has 0 heterocycles. The summed E-state index contributed by atoms with van der Waals surface area (Å²) in [6.07, 6.45) is 0. The van der Waals surface area contributed by atoms with Gasteiger partial charge >= 0.3 is 5.97 Å². The Morgan fingerprint density at radius 1 is 1.42 bits per heavy atom. The number of carbonyl (C=O) groups is 2. The van der Waals surface area contributed by atoms with Crippen LogP contribution in [0.1, 0.15) is 22.8 Å². The highest BCUT2D eigenvalue weighted by molar-refractivity contribution is 5.96. The summed E-state index contributed by atoms with van der Waals surface area (Å²) in [6.45, 7) is 3.83. The molecule has 1 unspecified atom stereocenters. The van der Waals surface area contributed by atoms with E-state index < -0.39 is 5.97 Å². The van der Waals surface area contributed by atoms with E-state index in [-0.39, 0.29) is 30.8 Å². The molecule has 1 amide bonds. The van der Waals surface area contributed by atoms with E-state index in [1.165, 1.54) is 7.11 Å². The standard InChI is InChI=1S/C13H18N2O3.ClH/c1-8-4-5-10(6-11(8)13(17)18-3)15-12(16)9(2)7-14;/h4-6,9H,7,14H2,1-3H3,(H,15,16);1H. The van der Waals surface area contributed by atoms with Crippen LogP contribution in [0.15, 0.2) is 18.2 Å². The fraction of sp³-hybridized carbons (Fsp3) is 0.385. The fourth-order valence-corrected chi connectivity index (χ4v) is 1.40. The van der Waals surface area contributed by atoms with Crippen molar-refractivity contribution in [1.29, 1.82) is 0 Å². The molecule has 19 heavy (non-hydrogen) atoms. The van der Waals surface area contributed by atoms with Crippen LogP contribution in [0.4, 0.5) is 5.69 Å². The summed E-state index contributed by atoms with van der Waals surface area (Å²) in [5.74, 6) is -0.861. The first-order chi connectivity index (χ1) is 8.49. The Morgan fingerprint density at radius 2 is 2.05 bits per heavy atom. The van der Waals surface area contributed by atoms with Crippen molar-refractivity contribution in [3.8, 4) is 0 Å². The Hall–Kier alpha value is -1.59. The smallest absolute Gasteiger partial charge is 0.338 e. The quantitative estimate of drug-likeness (QED) is 0.826. The third-order valence-electron chi connectivity index (χ3n) is 2.71. The molecule has 0 fully saturated rings. The first-order valence-corrected chi connectivity index (χ1v) is 5.69. The number of hydrogen-bond donors (Lipinski definition) is 2. The molecule has 0 radical (unpaired) electrons. The minimum absolute atomic E-state index is 0. The molecule has 0 saturated carbocycles. The van der Waals surface area contributed by atoms with Gasteiger partial charge in [-0.15, -0.1) is 12.4 Å². The number of ether oxygens (including phenoxy) is 1. The number of carbonyl (C=O) groups excluding carboxylic acids is 2. The van der Waals surface area contributed by atoms with Gasteiger partial charge in [0.2, 0.25) is 5.91 Å². The molecule has 0 saturated heterocycles. The molecular formula is C13H19ClN2O3. The van der Waals surface area contributed by atoms with Gasteiger partial charge in [0.15, 0.2) is 0 Å². The average molecular weight is 287 g/mol. The van der Waals surface area contributed by atoms with Gasteiger partial charge in [-0.1, -0.05) is 13.0 Å². The zero-order chi connectivity index (χ0) is 13.7. The topological polar surface area (TPSA) is 81.4 Å². The van der Waals surface area contributed by atoms with Crippen molar-refractivity contribution in [3.63, 3.8) is 0 Å². The molecular weight excluding hydrogens is 268 g/mol. The molecule has 1 atom stereocenters. The number of nitrogens with two attached hydrogens (primary N) is 1. The van der Waals surface area contributed by atoms with Gasteiger partial charge in [0.1, 0.15) is 0 Å². The molecule has 0 spiro atoms. The van der Waals surface area contributed by atoms with E-state index in [2.05, 4.69) is 10.1 Å². The van der Waals surface area contributed by atoms with Gasteiger partial charge in [-0.25, -0.2) is 4.79 Å². The molecule has 1 aromatic carbocycles. The van der Waals surface area contributed by atoms with Gasteiger partial charge in [-0.2, -0.15) is 0 Å². The second-order valence-electron chi connectivity index (χ2n) is 4.15. The molecule has 0 bridgehead atoms. The third-order valence-corrected chi connectivity index (χ3v) is 2.71. The Kier molecular flexibility index (Phi) is 7.11. The van der Waals surface area contributed by atoms with Crippen molar-refractivity contribution in [2.75, 3.05) is 19.0 Å². The van der Waals surface area contributed by atoms with Crippen LogP contribution in [-0.4, -0.2) is 25.5 Å². The van der Waals surface area contributed by atoms with Crippen LogP contribution in [-0.2, 0) is 9.53 Å². The van der Waals surface area contributed by atoms with Crippen molar-refractivity contribution in [3.05, 3.63) is 29.3 Å². The lowest BCUT2D eigenvalue weighted by atomic mass is 10.1. The number of methoxy groups -OCH3 is 1. The van der Waals surface area contributed by atoms with Gasteiger partial charge in [0.25, 0.3) is 0 Å². The maximum Gasteiger partial charge on any atom is 0.338 e. The summed E-state index contributed by atoms with van der Waals surface area (Å²) >= 11 is 0. The Balaban J connectivity index is 0.00000324. The van der Waals surface area contributed by atoms with Gasteiger partial charge in [-0.05, 0) is 24.6 Å². The van der Waals surface area contributed by atoms with Crippen LogP contribution in [0.25, 0.3) is 0 Å². The molecule has 0 aliphatic rings. The third kappa shape index (κ3) is 4.54. The van der Waals surface area contributed by atoms with Crippen molar-refractivity contribution < 1.29 is 14.3 Å². The summed E-state index contributed by atoms with van der Waals surface area (Å²) in [6, 6.07) is 5.10. The largest absolute Gasteiger partial charge is 0.465 e. The molecule has 1 rings (SSSR count). The number of rotatable bonds is 4. The summed E-state index contributed by atoms with van der Waals surface area (Å²) in [7, 11) is 1.32. The summed E-state index contributed by atoms with van der Waals surface area (Å²) in [5, 5.41) is 2.71. The lowest BCUT2D eigenvalue weighted by molar-refractivity contribution is -0.119. The lowest BCUT2D eigenvalue weighted by Crippen LogP contribution is -2.26. The fourth-order valence-electron chi connectivity index (χ4n) is 1.40. The second kappa shape index (κ2) is 7.76. The molecule has 0 aliphatic carbocycles. The maximum atomic E-state index is 11.7. The summed E-state index contributed by atoms with van der Waals surface area (Å²) < 4.78 is 4.67. The first kappa shape index (κ1) is 17.4. The zero-order valence-electron chi connectivity index (χ0n) is 11.2. The highest BCUT2D eigenvalue weighted by Crippen LogP contribution is 2.16. The van der Waals surface area contributed by atoms with E-state index in [0.717, 1.165) is 5.56 Å². The number of anilines is 1. The molecule has 5 nitrogen and oxygen atoms in total. The number of esters is 1. The molecule has 0 aliphatic heterocycles. The van der Waals surface area contributed by atoms with E-state index in [9.17, 15) is 9.59 Å². The zero-order valence-corrected chi connectivity index (χ0v) is 12.0. The van der Waals surface area contributed by atoms with Crippen molar-refractivity contribution >= 4 is 30.0 Å². The van der Waals surface area contributed by atoms with Gasteiger partial charge in [-0.3, -0.25) is 4.79 Å². The van der Waals surface area contributed by atoms with Gasteiger partial charge < -0.3 is 15.8 Å². The number of nitrogens with one attached hydrogen (secondary N) is 1. The molecule has 0 aromatic heterocycles. The highest BCUT2D eigenvalue weighted by Gasteiger charge is 2.13. The number of amides is 1. The Bertz CT molecular complexity index is 463. The van der Waals surface area contributed by atoms with E-state index in [0.29, 0.717) is 11.3 Å². The second-order valence-corrected chi connectivity index (χ2v) is 4.15. The summed E-state index contributed by atoms with van der Waals surface area (Å²) in [4.78, 5) is 23.2. The van der Waals surface area contributed by atoms with E-state index >= 15 is 0 Å². The lowest BCUT2D eigenvalue weighted by Gasteiger charge is -2.11. The summed E-state index contributed by atoms with van der Waals surface area (Å²) in [5.41, 5.74) is 7.22. The van der Waals surface area contributed by atoms with Crippen molar-refractivity contribution in [1.82, 2.24) is 0 Å². The van der Waals surface area contributed by atoms with Crippen molar-refractivity contribution in [2.24, 2.45) is 11.7 Å². The number of halogens is 1. The van der Waals surface area contributed by atoms with Gasteiger partial charge in [0.05, 0.1) is 12.7 Å². The highest BCUT2D eigenvalue weighted by atomic mass is 35.5. The monoisotopic (exact) mass is 286 g/mol. The van der Waals surface area contributed by atoms with Crippen LogP contribution in [0.2, 0.25) is 0 Å². The predicted octanol–water partition coefficient (Wildman–Crippen LogP) is 1.74. The molecule has 3 N–H and O–H groups in total. The Morgan fingerprint density at radius 3 is 2.58 bits per heavy atom. The molecule has 1 aromatic rings. The van der Waals surface area contributed by atoms with Crippen LogP contribution in [0.5, 0.6) is 0 Å². The average Bonchev–Trinajstić information content (AvgIpc) is 2.38. The predicted molar refractivity (Wildman–Crippen MR) is 76.6 cm³/mol. The van der Waals surface area contributed by atoms with E-state index in [1.807, 2.05) is 0 Å². The van der Waals surface area contributed by atoms with E-state index in [4.69, 9.17) is 5.73 Å². The Labute approximate surface area is 118 Å². The van der Waals surface area contributed by atoms with Crippen molar-refractivity contribution in [2.45, 2.75) is 13.8 Å². The number of hydrogen-bond acceptors (Lipinski definition) is 4. The molecule has 6 heteroatoms. The van der Waals surface area contributed by atoms with Crippen LogP contribution < -0.4 is 11.1 Å². The minimum Gasteiger partial charge on any atom is -0.465 e. The van der Waals surface area contributed by atoms with E-state index in [1.54, 1.807) is 32.0 Å².